The van der Waals surface area contributed by atoms with Crippen molar-refractivity contribution < 1.29 is 9.59 Å². The summed E-state index contributed by atoms with van der Waals surface area (Å²) in [7, 11) is 0. The van der Waals surface area contributed by atoms with E-state index in [0.29, 0.717) is 16.9 Å². The third-order valence-corrected chi connectivity index (χ3v) is 4.89. The number of carbonyl (C=O) groups is 2. The molecular formula is C23H19N5O4. The molecule has 0 saturated heterocycles. The van der Waals surface area contributed by atoms with Crippen LogP contribution < -0.4 is 16.6 Å². The summed E-state index contributed by atoms with van der Waals surface area (Å²) < 4.78 is 2.47. The number of hydrogen-bond acceptors (Lipinski definition) is 6. The Bertz CT molecular complexity index is 1370. The summed E-state index contributed by atoms with van der Waals surface area (Å²) in [4.78, 5) is 57.6. The molecule has 3 heterocycles. The number of fused-ring (bicyclic) bond motifs is 1. The number of amides is 1. The van der Waals surface area contributed by atoms with Gasteiger partial charge in [-0.25, -0.2) is 4.79 Å². The van der Waals surface area contributed by atoms with E-state index in [2.05, 4.69) is 15.3 Å². The largest absolute Gasteiger partial charge is 0.352 e. The van der Waals surface area contributed by atoms with Crippen LogP contribution in [-0.2, 0) is 17.9 Å². The van der Waals surface area contributed by atoms with E-state index >= 15 is 0 Å². The summed E-state index contributed by atoms with van der Waals surface area (Å²) in [6.45, 7) is 1.32. The Morgan fingerprint density at radius 3 is 2.47 bits per heavy atom. The molecule has 0 spiro atoms. The highest BCUT2D eigenvalue weighted by Crippen LogP contribution is 2.14. The van der Waals surface area contributed by atoms with Crippen LogP contribution >= 0.6 is 0 Å². The highest BCUT2D eigenvalue weighted by molar-refractivity contribution is 5.95. The summed E-state index contributed by atoms with van der Waals surface area (Å²) in [6.07, 6.45) is 3.16. The van der Waals surface area contributed by atoms with E-state index in [-0.39, 0.29) is 36.2 Å². The molecule has 0 unspecified atom stereocenters. The lowest BCUT2D eigenvalue weighted by Gasteiger charge is -2.15. The Kier molecular flexibility index (Phi) is 5.71. The van der Waals surface area contributed by atoms with E-state index in [9.17, 15) is 19.2 Å². The summed E-state index contributed by atoms with van der Waals surface area (Å²) >= 11 is 0. The van der Waals surface area contributed by atoms with Gasteiger partial charge in [0.25, 0.3) is 5.56 Å². The van der Waals surface area contributed by atoms with Crippen molar-refractivity contribution in [1.82, 2.24) is 19.1 Å². The summed E-state index contributed by atoms with van der Waals surface area (Å²) in [5, 5.41) is 2.73. The van der Waals surface area contributed by atoms with Gasteiger partial charge in [-0.3, -0.25) is 23.9 Å². The van der Waals surface area contributed by atoms with Gasteiger partial charge in [0, 0.05) is 23.6 Å². The maximum Gasteiger partial charge on any atom is 0.352 e. The summed E-state index contributed by atoms with van der Waals surface area (Å²) in [6, 6.07) is 14.9. The molecule has 2 aliphatic rings. The predicted octanol–water partition coefficient (Wildman–Crippen LogP) is 1.79. The predicted molar refractivity (Wildman–Crippen MR) is 118 cm³/mol. The Morgan fingerprint density at radius 2 is 1.78 bits per heavy atom. The Morgan fingerprint density at radius 1 is 1.00 bits per heavy atom. The Balaban J connectivity index is 1.59. The second kappa shape index (κ2) is 8.76. The van der Waals surface area contributed by atoms with Gasteiger partial charge in [-0.05, 0) is 55.5 Å². The van der Waals surface area contributed by atoms with E-state index in [0.717, 1.165) is 4.57 Å². The van der Waals surface area contributed by atoms with Crippen molar-refractivity contribution in [2.75, 3.05) is 5.32 Å². The minimum absolute atomic E-state index is 0.00703. The van der Waals surface area contributed by atoms with Crippen molar-refractivity contribution in [1.29, 1.82) is 0 Å². The Labute approximate surface area is 182 Å². The van der Waals surface area contributed by atoms with Crippen molar-refractivity contribution in [3.05, 3.63) is 99.1 Å². The average Bonchev–Trinajstić information content (AvgIpc) is 2.78. The van der Waals surface area contributed by atoms with Gasteiger partial charge in [0.15, 0.2) is 11.6 Å². The van der Waals surface area contributed by atoms with Crippen LogP contribution in [0.3, 0.4) is 0 Å². The molecule has 1 aromatic carbocycles. The van der Waals surface area contributed by atoms with Gasteiger partial charge in [0.2, 0.25) is 5.91 Å². The quantitative estimate of drug-likeness (QED) is 0.467. The average molecular weight is 429 g/mol. The second-order valence-electron chi connectivity index (χ2n) is 7.16. The first-order valence-corrected chi connectivity index (χ1v) is 9.83. The summed E-state index contributed by atoms with van der Waals surface area (Å²) in [5.41, 5.74) is 0.638. The summed E-state index contributed by atoms with van der Waals surface area (Å²) in [5.74, 6) is -0.311. The molecule has 160 valence electrons. The third-order valence-electron chi connectivity index (χ3n) is 4.89. The lowest BCUT2D eigenvalue weighted by Crippen LogP contribution is -2.38. The first-order valence-electron chi connectivity index (χ1n) is 9.83. The van der Waals surface area contributed by atoms with Crippen molar-refractivity contribution in [2.24, 2.45) is 0 Å². The molecule has 2 aromatic rings. The number of Topliss-reactive ketones (excluding diaryl/α,β-unsaturated/α-hetero) is 1. The first kappa shape index (κ1) is 20.9. The van der Waals surface area contributed by atoms with Crippen LogP contribution in [0.5, 0.6) is 0 Å². The van der Waals surface area contributed by atoms with Crippen molar-refractivity contribution in [2.45, 2.75) is 20.0 Å². The van der Waals surface area contributed by atoms with Crippen LogP contribution in [0.25, 0.3) is 11.4 Å². The topological polar surface area (TPSA) is 116 Å². The second-order valence-corrected chi connectivity index (χ2v) is 7.16. The maximum atomic E-state index is 12.9. The van der Waals surface area contributed by atoms with E-state index in [4.69, 9.17) is 0 Å². The van der Waals surface area contributed by atoms with E-state index in [1.54, 1.807) is 67.0 Å². The molecule has 32 heavy (non-hydrogen) atoms. The third kappa shape index (κ3) is 4.36. The van der Waals surface area contributed by atoms with Crippen molar-refractivity contribution in [3.8, 4) is 11.4 Å². The van der Waals surface area contributed by atoms with Gasteiger partial charge in [-0.15, -0.1) is 0 Å². The van der Waals surface area contributed by atoms with Crippen molar-refractivity contribution >= 4 is 17.4 Å². The molecule has 1 amide bonds. The van der Waals surface area contributed by atoms with Gasteiger partial charge in [-0.1, -0.05) is 6.07 Å². The minimum atomic E-state index is -0.715. The van der Waals surface area contributed by atoms with Crippen LogP contribution in [0.2, 0.25) is 0 Å². The van der Waals surface area contributed by atoms with Crippen molar-refractivity contribution in [3.63, 3.8) is 0 Å². The maximum absolute atomic E-state index is 12.9. The van der Waals surface area contributed by atoms with E-state index in [1.807, 2.05) is 0 Å². The van der Waals surface area contributed by atoms with Gasteiger partial charge in [0.1, 0.15) is 6.54 Å². The standard InChI is InChI=1S/C23H19N5O4/c1-15(29)16-7-9-17(10-8-16)25-20(30)14-27-12-4-6-19-21(27)26-23(32)28(22(19)31)13-18-5-2-3-11-24-18/h2-12H,13-14H2,1H3,(H,25,30). The lowest BCUT2D eigenvalue weighted by atomic mass is 10.1. The number of ketones is 1. The molecule has 0 radical (unpaired) electrons. The number of rotatable bonds is 6. The number of pyridine rings is 2. The normalized spacial score (nSPS) is 10.8. The number of aromatic nitrogens is 4. The first-order chi connectivity index (χ1) is 15.4. The van der Waals surface area contributed by atoms with Gasteiger partial charge in [-0.2, -0.15) is 4.98 Å². The highest BCUT2D eigenvalue weighted by atomic mass is 16.2. The smallest absolute Gasteiger partial charge is 0.325 e. The molecule has 0 atom stereocenters. The molecule has 1 aromatic heterocycles. The minimum Gasteiger partial charge on any atom is -0.325 e. The fourth-order valence-corrected chi connectivity index (χ4v) is 3.28. The monoisotopic (exact) mass is 429 g/mol. The molecule has 9 heteroatoms. The molecule has 2 aliphatic heterocycles. The lowest BCUT2D eigenvalue weighted by molar-refractivity contribution is -0.116. The highest BCUT2D eigenvalue weighted by Gasteiger charge is 2.18. The van der Waals surface area contributed by atoms with E-state index in [1.165, 1.54) is 11.5 Å². The zero-order valence-electron chi connectivity index (χ0n) is 17.2. The van der Waals surface area contributed by atoms with Crippen LogP contribution in [0.15, 0.2) is 76.6 Å². The van der Waals surface area contributed by atoms with Gasteiger partial charge < -0.3 is 9.88 Å². The zero-order valence-corrected chi connectivity index (χ0v) is 17.2. The zero-order chi connectivity index (χ0) is 22.7. The molecule has 0 fully saturated rings. The number of hydrogen-bond donors (Lipinski definition) is 1. The number of carbonyl (C=O) groups excluding carboxylic acids is 2. The molecule has 1 N–H and O–H groups in total. The van der Waals surface area contributed by atoms with E-state index < -0.39 is 11.2 Å². The number of benzene rings is 1. The van der Waals surface area contributed by atoms with Gasteiger partial charge in [0.05, 0.1) is 17.8 Å². The van der Waals surface area contributed by atoms with Crippen LogP contribution in [-0.4, -0.2) is 30.8 Å². The molecule has 4 rings (SSSR count). The van der Waals surface area contributed by atoms with Crippen LogP contribution in [0.4, 0.5) is 5.69 Å². The van der Waals surface area contributed by atoms with Crippen LogP contribution in [0, 0.1) is 0 Å². The fraction of sp³-hybridized carbons (Fsp3) is 0.130. The number of nitrogens with zero attached hydrogens (tertiary/aromatic N) is 4. The molecule has 0 aliphatic carbocycles. The number of nitrogens with one attached hydrogen (secondary N) is 1. The molecule has 0 bridgehead atoms. The molecular weight excluding hydrogens is 410 g/mol. The van der Waals surface area contributed by atoms with Crippen LogP contribution in [0.1, 0.15) is 23.0 Å². The number of anilines is 1. The van der Waals surface area contributed by atoms with Gasteiger partial charge >= 0.3 is 5.69 Å². The molecule has 9 nitrogen and oxygen atoms in total. The SMILES string of the molecule is CC(=O)c1ccc(NC(=O)Cn2cccc3c(=O)n(Cc4ccccn4)c(=O)nc2-3)cc1. The Hall–Kier alpha value is -4.40. The molecule has 0 saturated carbocycles. The fourth-order valence-electron chi connectivity index (χ4n) is 3.28.